The number of carbonyl (C=O) groups is 1. The lowest BCUT2D eigenvalue weighted by Gasteiger charge is -2.22. The first-order valence-electron chi connectivity index (χ1n) is 7.78. The van der Waals surface area contributed by atoms with Crippen molar-refractivity contribution < 1.29 is 9.90 Å². The highest BCUT2D eigenvalue weighted by Gasteiger charge is 2.16. The Kier molecular flexibility index (Phi) is 5.23. The maximum Gasteiger partial charge on any atom is 0.317 e. The molecule has 4 nitrogen and oxygen atoms in total. The molecule has 1 aromatic rings. The topological polar surface area (TPSA) is 52.6 Å². The summed E-state index contributed by atoms with van der Waals surface area (Å²) >= 11 is 0. The number of benzene rings is 1. The fourth-order valence-corrected chi connectivity index (χ4v) is 2.72. The molecule has 2 N–H and O–H groups in total. The largest absolute Gasteiger partial charge is 0.393 e. The minimum absolute atomic E-state index is 0.00241. The molecule has 0 saturated heterocycles. The van der Waals surface area contributed by atoms with E-state index in [0.29, 0.717) is 13.0 Å². The number of amides is 2. The second-order valence-electron chi connectivity index (χ2n) is 6.11. The average Bonchev–Trinajstić information content (AvgIpc) is 2.91. The highest BCUT2D eigenvalue weighted by molar-refractivity contribution is 5.74. The summed E-state index contributed by atoms with van der Waals surface area (Å²) in [4.78, 5) is 13.7. The zero-order chi connectivity index (χ0) is 15.4. The van der Waals surface area contributed by atoms with Crippen LogP contribution in [0.1, 0.15) is 49.4 Å². The van der Waals surface area contributed by atoms with Crippen molar-refractivity contribution in [3.8, 4) is 0 Å². The van der Waals surface area contributed by atoms with Crippen molar-refractivity contribution >= 4 is 6.03 Å². The molecule has 4 heteroatoms. The molecular formula is C17H26N2O2. The van der Waals surface area contributed by atoms with E-state index in [0.717, 1.165) is 12.0 Å². The van der Waals surface area contributed by atoms with E-state index < -0.39 is 0 Å². The van der Waals surface area contributed by atoms with Crippen molar-refractivity contribution in [1.29, 1.82) is 0 Å². The van der Waals surface area contributed by atoms with E-state index in [4.69, 9.17) is 0 Å². The number of urea groups is 1. The van der Waals surface area contributed by atoms with Crippen LogP contribution >= 0.6 is 0 Å². The van der Waals surface area contributed by atoms with Crippen LogP contribution in [0.2, 0.25) is 0 Å². The molecular weight excluding hydrogens is 264 g/mol. The Morgan fingerprint density at radius 3 is 2.76 bits per heavy atom. The number of nitrogens with zero attached hydrogens (tertiary/aromatic N) is 1. The smallest absolute Gasteiger partial charge is 0.317 e. The van der Waals surface area contributed by atoms with Crippen molar-refractivity contribution in [2.45, 2.75) is 51.7 Å². The maximum atomic E-state index is 12.1. The van der Waals surface area contributed by atoms with Gasteiger partial charge in [-0.25, -0.2) is 4.79 Å². The van der Waals surface area contributed by atoms with Crippen LogP contribution in [-0.4, -0.2) is 35.7 Å². The van der Waals surface area contributed by atoms with Crippen molar-refractivity contribution in [3.05, 3.63) is 34.9 Å². The van der Waals surface area contributed by atoms with Gasteiger partial charge in [0.1, 0.15) is 0 Å². The van der Waals surface area contributed by atoms with Gasteiger partial charge in [-0.15, -0.1) is 0 Å². The number of fused-ring (bicyclic) bond motifs is 1. The van der Waals surface area contributed by atoms with E-state index in [1.807, 2.05) is 6.92 Å². The third-order valence-corrected chi connectivity index (χ3v) is 4.19. The fraction of sp³-hybridized carbons (Fsp3) is 0.588. The Balaban J connectivity index is 1.91. The van der Waals surface area contributed by atoms with Gasteiger partial charge in [-0.2, -0.15) is 0 Å². The third-order valence-electron chi connectivity index (χ3n) is 4.19. The van der Waals surface area contributed by atoms with E-state index in [1.54, 1.807) is 18.9 Å². The quantitative estimate of drug-likeness (QED) is 0.876. The van der Waals surface area contributed by atoms with Gasteiger partial charge >= 0.3 is 6.03 Å². The lowest BCUT2D eigenvalue weighted by molar-refractivity contribution is 0.162. The predicted octanol–water partition coefficient (Wildman–Crippen LogP) is 2.65. The Hall–Kier alpha value is -1.55. The molecule has 1 aromatic carbocycles. The van der Waals surface area contributed by atoms with Gasteiger partial charge in [-0.1, -0.05) is 18.2 Å². The Morgan fingerprint density at radius 2 is 2.05 bits per heavy atom. The molecule has 21 heavy (non-hydrogen) atoms. The molecule has 2 rings (SSSR count). The molecule has 0 heterocycles. The normalized spacial score (nSPS) is 16.2. The van der Waals surface area contributed by atoms with E-state index in [-0.39, 0.29) is 18.2 Å². The van der Waals surface area contributed by atoms with Crippen molar-refractivity contribution in [2.24, 2.45) is 0 Å². The molecule has 1 aliphatic carbocycles. The van der Waals surface area contributed by atoms with Crippen LogP contribution in [0, 0.1) is 0 Å². The molecule has 2 amide bonds. The summed E-state index contributed by atoms with van der Waals surface area (Å²) < 4.78 is 0. The highest BCUT2D eigenvalue weighted by atomic mass is 16.3. The number of aryl methyl sites for hydroxylation is 2. The second-order valence-corrected chi connectivity index (χ2v) is 6.11. The van der Waals surface area contributed by atoms with Crippen LogP contribution < -0.4 is 5.32 Å². The minimum Gasteiger partial charge on any atom is -0.393 e. The Morgan fingerprint density at radius 1 is 1.33 bits per heavy atom. The van der Waals surface area contributed by atoms with Crippen LogP contribution in [0.3, 0.4) is 0 Å². The van der Waals surface area contributed by atoms with Gasteiger partial charge in [0.25, 0.3) is 0 Å². The average molecular weight is 290 g/mol. The predicted molar refractivity (Wildman–Crippen MR) is 84.3 cm³/mol. The second kappa shape index (κ2) is 6.94. The first-order chi connectivity index (χ1) is 9.97. The summed E-state index contributed by atoms with van der Waals surface area (Å²) in [6, 6.07) is 6.44. The molecule has 2 atom stereocenters. The van der Waals surface area contributed by atoms with Crippen LogP contribution in [0.25, 0.3) is 0 Å². The van der Waals surface area contributed by atoms with E-state index in [9.17, 15) is 9.90 Å². The highest BCUT2D eigenvalue weighted by Crippen LogP contribution is 2.25. The summed E-state index contributed by atoms with van der Waals surface area (Å²) in [6.07, 6.45) is 3.78. The van der Waals surface area contributed by atoms with E-state index >= 15 is 0 Å². The Bertz CT molecular complexity index is 500. The zero-order valence-corrected chi connectivity index (χ0v) is 13.2. The number of aliphatic hydroxyl groups is 1. The number of hydrogen-bond donors (Lipinski definition) is 2. The Labute approximate surface area is 127 Å². The monoisotopic (exact) mass is 290 g/mol. The lowest BCUT2D eigenvalue weighted by Crippen LogP contribution is -2.39. The first kappa shape index (κ1) is 15.8. The van der Waals surface area contributed by atoms with Gasteiger partial charge in [0, 0.05) is 13.6 Å². The minimum atomic E-state index is -0.380. The van der Waals surface area contributed by atoms with E-state index in [1.165, 1.54) is 24.0 Å². The third kappa shape index (κ3) is 4.21. The van der Waals surface area contributed by atoms with Crippen LogP contribution in [-0.2, 0) is 12.8 Å². The molecule has 0 saturated carbocycles. The van der Waals surface area contributed by atoms with Crippen LogP contribution in [0.4, 0.5) is 4.79 Å². The number of rotatable bonds is 5. The molecule has 0 radical (unpaired) electrons. The summed E-state index contributed by atoms with van der Waals surface area (Å²) in [5, 5.41) is 12.3. The SMILES string of the molecule is CC(O)CCN(C)C(=O)NC(C)c1ccc2c(c1)CCC2. The number of nitrogens with one attached hydrogen (secondary N) is 1. The van der Waals surface area contributed by atoms with Crippen molar-refractivity contribution in [2.75, 3.05) is 13.6 Å². The zero-order valence-electron chi connectivity index (χ0n) is 13.2. The molecule has 0 spiro atoms. The standard InChI is InChI=1S/C17H26N2O2/c1-12(20)9-10-19(3)17(21)18-13(2)15-8-7-14-5-4-6-16(14)11-15/h7-8,11-13,20H,4-6,9-10H2,1-3H3,(H,18,21). The van der Waals surface area contributed by atoms with Gasteiger partial charge in [0.15, 0.2) is 0 Å². The molecule has 2 unspecified atom stereocenters. The molecule has 0 aromatic heterocycles. The van der Waals surface area contributed by atoms with Gasteiger partial charge < -0.3 is 15.3 Å². The maximum absolute atomic E-state index is 12.1. The van der Waals surface area contributed by atoms with Gasteiger partial charge in [0.05, 0.1) is 12.1 Å². The molecule has 1 aliphatic rings. The van der Waals surface area contributed by atoms with Gasteiger partial charge in [-0.3, -0.25) is 0 Å². The summed E-state index contributed by atoms with van der Waals surface area (Å²) in [5.41, 5.74) is 4.04. The van der Waals surface area contributed by atoms with Gasteiger partial charge in [0.2, 0.25) is 0 Å². The van der Waals surface area contributed by atoms with E-state index in [2.05, 4.69) is 23.5 Å². The first-order valence-corrected chi connectivity index (χ1v) is 7.78. The van der Waals surface area contributed by atoms with Crippen molar-refractivity contribution in [1.82, 2.24) is 10.2 Å². The number of carbonyl (C=O) groups excluding carboxylic acids is 1. The van der Waals surface area contributed by atoms with Crippen molar-refractivity contribution in [3.63, 3.8) is 0 Å². The molecule has 0 bridgehead atoms. The number of aliphatic hydroxyl groups excluding tert-OH is 1. The number of hydrogen-bond acceptors (Lipinski definition) is 2. The van der Waals surface area contributed by atoms with Gasteiger partial charge in [-0.05, 0) is 56.2 Å². The van der Waals surface area contributed by atoms with Crippen LogP contribution in [0.15, 0.2) is 18.2 Å². The lowest BCUT2D eigenvalue weighted by atomic mass is 10.0. The molecule has 0 fully saturated rings. The summed E-state index contributed by atoms with van der Waals surface area (Å²) in [6.45, 7) is 4.30. The summed E-state index contributed by atoms with van der Waals surface area (Å²) in [7, 11) is 1.76. The molecule has 116 valence electrons. The molecule has 0 aliphatic heterocycles. The summed E-state index contributed by atoms with van der Waals surface area (Å²) in [5.74, 6) is 0. The fourth-order valence-electron chi connectivity index (χ4n) is 2.72. The van der Waals surface area contributed by atoms with Crippen LogP contribution in [0.5, 0.6) is 0 Å².